The maximum atomic E-state index is 12.5. The average Bonchev–Trinajstić information content (AvgIpc) is 2.86. The van der Waals surface area contributed by atoms with E-state index >= 15 is 0 Å². The molecule has 0 bridgehead atoms. The third-order valence-corrected chi connectivity index (χ3v) is 4.40. The Morgan fingerprint density at radius 1 is 1.24 bits per heavy atom. The van der Waals surface area contributed by atoms with Gasteiger partial charge in [-0.3, -0.25) is 4.79 Å². The van der Waals surface area contributed by atoms with Gasteiger partial charge in [-0.25, -0.2) is 0 Å². The van der Waals surface area contributed by atoms with Gasteiger partial charge in [0.15, 0.2) is 0 Å². The van der Waals surface area contributed by atoms with Crippen molar-refractivity contribution < 1.29 is 9.90 Å². The van der Waals surface area contributed by atoms with Crippen LogP contribution < -0.4 is 5.73 Å². The Balaban J connectivity index is 2.02. The molecule has 3 unspecified atom stereocenters. The fourth-order valence-electron chi connectivity index (χ4n) is 3.34. The van der Waals surface area contributed by atoms with Gasteiger partial charge in [-0.2, -0.15) is 0 Å². The van der Waals surface area contributed by atoms with Crippen molar-refractivity contribution in [3.05, 3.63) is 0 Å². The van der Waals surface area contributed by atoms with E-state index in [0.29, 0.717) is 12.5 Å². The first-order valence-corrected chi connectivity index (χ1v) is 6.89. The molecule has 2 fully saturated rings. The second-order valence-corrected chi connectivity index (χ2v) is 5.40. The normalized spacial score (nSPS) is 34.0. The number of nitrogens with zero attached hydrogens (tertiary/aromatic N) is 1. The zero-order valence-corrected chi connectivity index (χ0v) is 10.5. The molecule has 1 aliphatic carbocycles. The topological polar surface area (TPSA) is 66.6 Å². The van der Waals surface area contributed by atoms with Crippen molar-refractivity contribution in [2.75, 3.05) is 19.7 Å². The zero-order chi connectivity index (χ0) is 12.3. The number of rotatable bonds is 3. The lowest BCUT2D eigenvalue weighted by Crippen LogP contribution is -2.45. The Morgan fingerprint density at radius 2 is 2.00 bits per heavy atom. The van der Waals surface area contributed by atoms with Crippen LogP contribution in [-0.4, -0.2) is 41.7 Å². The summed E-state index contributed by atoms with van der Waals surface area (Å²) in [5.74, 6) is 0.716. The summed E-state index contributed by atoms with van der Waals surface area (Å²) in [6.07, 6.45) is 6.39. The van der Waals surface area contributed by atoms with E-state index < -0.39 is 0 Å². The highest BCUT2D eigenvalue weighted by molar-refractivity contribution is 5.80. The van der Waals surface area contributed by atoms with Crippen molar-refractivity contribution >= 4 is 5.91 Å². The number of hydrogen-bond acceptors (Lipinski definition) is 3. The van der Waals surface area contributed by atoms with Crippen LogP contribution in [0.2, 0.25) is 0 Å². The first-order valence-electron chi connectivity index (χ1n) is 6.89. The summed E-state index contributed by atoms with van der Waals surface area (Å²) >= 11 is 0. The molecule has 3 N–H and O–H groups in total. The first-order chi connectivity index (χ1) is 8.27. The van der Waals surface area contributed by atoms with Crippen LogP contribution in [0, 0.1) is 11.8 Å². The monoisotopic (exact) mass is 240 g/mol. The Kier molecular flexibility index (Phi) is 4.40. The largest absolute Gasteiger partial charge is 0.394 e. The number of carbonyl (C=O) groups is 1. The molecule has 0 aromatic heterocycles. The molecule has 4 heteroatoms. The highest BCUT2D eigenvalue weighted by Crippen LogP contribution is 2.32. The highest BCUT2D eigenvalue weighted by Gasteiger charge is 2.37. The molecule has 0 aromatic rings. The molecule has 3 atom stereocenters. The molecule has 2 rings (SSSR count). The van der Waals surface area contributed by atoms with Crippen LogP contribution in [-0.2, 0) is 4.79 Å². The van der Waals surface area contributed by atoms with Gasteiger partial charge in [0.25, 0.3) is 0 Å². The maximum absolute atomic E-state index is 12.5. The van der Waals surface area contributed by atoms with Crippen LogP contribution in [0.4, 0.5) is 0 Å². The number of hydrogen-bond donors (Lipinski definition) is 2. The van der Waals surface area contributed by atoms with Gasteiger partial charge in [0.1, 0.15) is 0 Å². The Hall–Kier alpha value is -0.610. The predicted molar refractivity (Wildman–Crippen MR) is 66.3 cm³/mol. The average molecular weight is 240 g/mol. The Labute approximate surface area is 103 Å². The minimum Gasteiger partial charge on any atom is -0.394 e. The molecule has 2 aliphatic rings. The van der Waals surface area contributed by atoms with Gasteiger partial charge in [0, 0.05) is 12.5 Å². The summed E-state index contributed by atoms with van der Waals surface area (Å²) in [5.41, 5.74) is 5.78. The fourth-order valence-corrected chi connectivity index (χ4v) is 3.34. The van der Waals surface area contributed by atoms with E-state index in [1.165, 1.54) is 6.42 Å². The van der Waals surface area contributed by atoms with Crippen LogP contribution >= 0.6 is 0 Å². The predicted octanol–water partition coefficient (Wildman–Crippen LogP) is 0.735. The molecule has 0 spiro atoms. The molecule has 17 heavy (non-hydrogen) atoms. The lowest BCUT2D eigenvalue weighted by molar-refractivity contribution is -0.140. The van der Waals surface area contributed by atoms with E-state index in [1.54, 1.807) is 0 Å². The van der Waals surface area contributed by atoms with Gasteiger partial charge < -0.3 is 15.7 Å². The van der Waals surface area contributed by atoms with Crippen LogP contribution in [0.5, 0.6) is 0 Å². The summed E-state index contributed by atoms with van der Waals surface area (Å²) in [4.78, 5) is 14.4. The molecule has 1 amide bonds. The number of carbonyl (C=O) groups excluding carboxylic acids is 1. The van der Waals surface area contributed by atoms with Gasteiger partial charge in [-0.1, -0.05) is 12.8 Å². The molecule has 1 aliphatic heterocycles. The quantitative estimate of drug-likeness (QED) is 0.764. The van der Waals surface area contributed by atoms with Crippen LogP contribution in [0.25, 0.3) is 0 Å². The van der Waals surface area contributed by atoms with Crippen molar-refractivity contribution in [3.63, 3.8) is 0 Å². The SMILES string of the molecule is NCC1CCCCC1C(=O)N1CCCC1CO. The summed E-state index contributed by atoms with van der Waals surface area (Å²) in [5, 5.41) is 9.29. The second-order valence-electron chi connectivity index (χ2n) is 5.40. The molecule has 1 saturated carbocycles. The molecule has 0 aromatic carbocycles. The van der Waals surface area contributed by atoms with E-state index in [-0.39, 0.29) is 24.5 Å². The van der Waals surface area contributed by atoms with E-state index in [2.05, 4.69) is 0 Å². The third-order valence-electron chi connectivity index (χ3n) is 4.40. The van der Waals surface area contributed by atoms with Crippen molar-refractivity contribution in [2.24, 2.45) is 17.6 Å². The summed E-state index contributed by atoms with van der Waals surface area (Å²) in [6.45, 7) is 1.54. The van der Waals surface area contributed by atoms with Crippen LogP contribution in [0.15, 0.2) is 0 Å². The van der Waals surface area contributed by atoms with E-state index in [9.17, 15) is 9.90 Å². The third kappa shape index (κ3) is 2.63. The fraction of sp³-hybridized carbons (Fsp3) is 0.923. The lowest BCUT2D eigenvalue weighted by Gasteiger charge is -2.34. The number of aliphatic hydroxyl groups excluding tert-OH is 1. The van der Waals surface area contributed by atoms with Gasteiger partial charge in [-0.15, -0.1) is 0 Å². The van der Waals surface area contributed by atoms with E-state index in [4.69, 9.17) is 5.73 Å². The van der Waals surface area contributed by atoms with Crippen molar-refractivity contribution in [1.29, 1.82) is 0 Å². The van der Waals surface area contributed by atoms with Crippen molar-refractivity contribution in [3.8, 4) is 0 Å². The molecule has 98 valence electrons. The lowest BCUT2D eigenvalue weighted by atomic mass is 9.78. The number of likely N-dealkylation sites (tertiary alicyclic amines) is 1. The van der Waals surface area contributed by atoms with Crippen molar-refractivity contribution in [2.45, 2.75) is 44.6 Å². The summed E-state index contributed by atoms with van der Waals surface area (Å²) in [6, 6.07) is 0.0582. The van der Waals surface area contributed by atoms with E-state index in [1.807, 2.05) is 4.90 Å². The maximum Gasteiger partial charge on any atom is 0.226 e. The van der Waals surface area contributed by atoms with Gasteiger partial charge in [-0.05, 0) is 38.1 Å². The number of amides is 1. The molecule has 1 heterocycles. The van der Waals surface area contributed by atoms with Crippen LogP contribution in [0.3, 0.4) is 0 Å². The number of nitrogens with two attached hydrogens (primary N) is 1. The molecule has 0 radical (unpaired) electrons. The minimum atomic E-state index is 0.0582. The van der Waals surface area contributed by atoms with Gasteiger partial charge in [0.05, 0.1) is 12.6 Å². The van der Waals surface area contributed by atoms with Gasteiger partial charge in [0.2, 0.25) is 5.91 Å². The van der Waals surface area contributed by atoms with Crippen LogP contribution in [0.1, 0.15) is 38.5 Å². The Morgan fingerprint density at radius 3 is 2.71 bits per heavy atom. The molecular formula is C13H24N2O2. The minimum absolute atomic E-state index is 0.0582. The zero-order valence-electron chi connectivity index (χ0n) is 10.5. The first kappa shape index (κ1) is 12.8. The van der Waals surface area contributed by atoms with Gasteiger partial charge >= 0.3 is 0 Å². The molecular weight excluding hydrogens is 216 g/mol. The van der Waals surface area contributed by atoms with E-state index in [0.717, 1.165) is 38.6 Å². The van der Waals surface area contributed by atoms with Crippen molar-refractivity contribution in [1.82, 2.24) is 4.90 Å². The summed E-state index contributed by atoms with van der Waals surface area (Å²) < 4.78 is 0. The molecule has 4 nitrogen and oxygen atoms in total. The second kappa shape index (κ2) is 5.83. The highest BCUT2D eigenvalue weighted by atomic mass is 16.3. The smallest absolute Gasteiger partial charge is 0.226 e. The number of aliphatic hydroxyl groups is 1. The standard InChI is InChI=1S/C13H24N2O2/c14-8-10-4-1-2-6-12(10)13(17)15-7-3-5-11(15)9-16/h10-12,16H,1-9,14H2. The Bertz CT molecular complexity index is 270. The summed E-state index contributed by atoms with van der Waals surface area (Å²) in [7, 11) is 0. The molecule has 1 saturated heterocycles.